The number of fused-ring (bicyclic) bond motifs is 1. The Kier molecular flexibility index (Phi) is 3.52. The lowest BCUT2D eigenvalue weighted by Gasteiger charge is -2.30. The molecule has 0 saturated carbocycles. The zero-order valence-electron chi connectivity index (χ0n) is 13.4. The Labute approximate surface area is 126 Å². The Morgan fingerprint density at radius 2 is 2.00 bits per heavy atom. The summed E-state index contributed by atoms with van der Waals surface area (Å²) in [6, 6.07) is 4.22. The van der Waals surface area contributed by atoms with Crippen molar-refractivity contribution in [3.05, 3.63) is 34.5 Å². The number of nitrogens with one attached hydrogen (secondary N) is 1. The van der Waals surface area contributed by atoms with Gasteiger partial charge in [-0.1, -0.05) is 13.0 Å². The summed E-state index contributed by atoms with van der Waals surface area (Å²) < 4.78 is 0. The Morgan fingerprint density at radius 1 is 1.24 bits per heavy atom. The second-order valence-electron chi connectivity index (χ2n) is 6.61. The van der Waals surface area contributed by atoms with Crippen LogP contribution >= 0.6 is 0 Å². The summed E-state index contributed by atoms with van der Waals surface area (Å²) >= 11 is 0. The first-order valence-electron chi connectivity index (χ1n) is 7.86. The predicted molar refractivity (Wildman–Crippen MR) is 86.8 cm³/mol. The highest BCUT2D eigenvalue weighted by molar-refractivity contribution is 5.99. The molecular formula is C18H24N2O. The van der Waals surface area contributed by atoms with Gasteiger partial charge in [-0.2, -0.15) is 0 Å². The van der Waals surface area contributed by atoms with Crippen LogP contribution in [-0.4, -0.2) is 28.9 Å². The number of amides is 1. The van der Waals surface area contributed by atoms with Gasteiger partial charge in [0.1, 0.15) is 5.69 Å². The lowest BCUT2D eigenvalue weighted by molar-refractivity contribution is 0.0678. The van der Waals surface area contributed by atoms with Gasteiger partial charge < -0.3 is 9.88 Å². The molecule has 0 radical (unpaired) electrons. The van der Waals surface area contributed by atoms with E-state index in [2.05, 4.69) is 38.7 Å². The summed E-state index contributed by atoms with van der Waals surface area (Å²) in [5.74, 6) is 0.756. The molecule has 1 fully saturated rings. The van der Waals surface area contributed by atoms with E-state index in [1.54, 1.807) is 0 Å². The smallest absolute Gasteiger partial charge is 0.270 e. The van der Waals surface area contributed by atoms with Gasteiger partial charge in [-0.3, -0.25) is 4.79 Å². The van der Waals surface area contributed by atoms with Gasteiger partial charge in [-0.05, 0) is 62.3 Å². The average molecular weight is 284 g/mol. The van der Waals surface area contributed by atoms with E-state index in [0.717, 1.165) is 30.7 Å². The minimum atomic E-state index is 0.147. The highest BCUT2D eigenvalue weighted by Gasteiger charge is 2.23. The second kappa shape index (κ2) is 5.21. The molecule has 2 heterocycles. The maximum atomic E-state index is 12.7. The van der Waals surface area contributed by atoms with Crippen molar-refractivity contribution in [2.75, 3.05) is 13.1 Å². The van der Waals surface area contributed by atoms with Crippen LogP contribution in [0, 0.1) is 26.7 Å². The molecule has 0 spiro atoms. The molecule has 2 aromatic rings. The molecule has 112 valence electrons. The molecule has 1 aliphatic heterocycles. The number of likely N-dealkylation sites (tertiary alicyclic amines) is 1. The molecule has 1 aromatic carbocycles. The summed E-state index contributed by atoms with van der Waals surface area (Å²) in [6.07, 6.45) is 2.35. The molecule has 0 unspecified atom stereocenters. The normalized spacial score (nSPS) is 19.2. The third-order valence-electron chi connectivity index (χ3n) is 4.82. The SMILES string of the molecule is Cc1cc(C)c2cc(C(=O)N3CCC[C@@H](C)C3)[nH]c2c1C. The van der Waals surface area contributed by atoms with E-state index in [1.807, 2.05) is 11.0 Å². The summed E-state index contributed by atoms with van der Waals surface area (Å²) in [6.45, 7) is 10.3. The van der Waals surface area contributed by atoms with E-state index in [1.165, 1.54) is 28.5 Å². The Hall–Kier alpha value is -1.77. The fourth-order valence-corrected chi connectivity index (χ4v) is 3.43. The van der Waals surface area contributed by atoms with Crippen molar-refractivity contribution in [2.24, 2.45) is 5.92 Å². The van der Waals surface area contributed by atoms with Crippen LogP contribution in [0.1, 0.15) is 46.9 Å². The van der Waals surface area contributed by atoms with Gasteiger partial charge in [0, 0.05) is 24.0 Å². The van der Waals surface area contributed by atoms with E-state index in [4.69, 9.17) is 0 Å². The summed E-state index contributed by atoms with van der Waals surface area (Å²) in [5, 5.41) is 1.17. The van der Waals surface area contributed by atoms with Crippen LogP contribution in [0.2, 0.25) is 0 Å². The topological polar surface area (TPSA) is 36.1 Å². The zero-order chi connectivity index (χ0) is 15.1. The third kappa shape index (κ3) is 2.45. The van der Waals surface area contributed by atoms with Crippen molar-refractivity contribution < 1.29 is 4.79 Å². The van der Waals surface area contributed by atoms with Crippen LogP contribution in [0.5, 0.6) is 0 Å². The molecule has 3 nitrogen and oxygen atoms in total. The number of benzene rings is 1. The first-order valence-corrected chi connectivity index (χ1v) is 7.86. The molecule has 1 aromatic heterocycles. The molecule has 1 saturated heterocycles. The van der Waals surface area contributed by atoms with Crippen molar-refractivity contribution in [1.82, 2.24) is 9.88 Å². The lowest BCUT2D eigenvalue weighted by Crippen LogP contribution is -2.39. The van der Waals surface area contributed by atoms with Crippen LogP contribution < -0.4 is 0 Å². The number of carbonyl (C=O) groups is 1. The predicted octanol–water partition coefficient (Wildman–Crippen LogP) is 3.97. The fraction of sp³-hybridized carbons (Fsp3) is 0.500. The van der Waals surface area contributed by atoms with Gasteiger partial charge in [0.15, 0.2) is 0 Å². The van der Waals surface area contributed by atoms with E-state index in [-0.39, 0.29) is 5.91 Å². The number of aryl methyl sites for hydroxylation is 3. The number of hydrogen-bond donors (Lipinski definition) is 1. The molecular weight excluding hydrogens is 260 g/mol. The fourth-order valence-electron chi connectivity index (χ4n) is 3.43. The van der Waals surface area contributed by atoms with E-state index in [0.29, 0.717) is 5.92 Å². The van der Waals surface area contributed by atoms with E-state index in [9.17, 15) is 4.79 Å². The van der Waals surface area contributed by atoms with Crippen LogP contribution in [0.4, 0.5) is 0 Å². The van der Waals surface area contributed by atoms with Gasteiger partial charge in [0.25, 0.3) is 5.91 Å². The largest absolute Gasteiger partial charge is 0.350 e. The first kappa shape index (κ1) is 14.2. The van der Waals surface area contributed by atoms with Gasteiger partial charge in [-0.25, -0.2) is 0 Å². The molecule has 1 aliphatic rings. The number of aromatic amines is 1. The van der Waals surface area contributed by atoms with Crippen LogP contribution in [0.25, 0.3) is 10.9 Å². The quantitative estimate of drug-likeness (QED) is 0.845. The van der Waals surface area contributed by atoms with Crippen molar-refractivity contribution in [3.8, 4) is 0 Å². The van der Waals surface area contributed by atoms with E-state index < -0.39 is 0 Å². The highest BCUT2D eigenvalue weighted by Crippen LogP contribution is 2.27. The van der Waals surface area contributed by atoms with Gasteiger partial charge in [-0.15, -0.1) is 0 Å². The number of carbonyl (C=O) groups excluding carboxylic acids is 1. The number of H-pyrrole nitrogens is 1. The molecule has 3 rings (SSSR count). The number of piperidine rings is 1. The maximum absolute atomic E-state index is 12.7. The lowest BCUT2D eigenvalue weighted by atomic mass is 10.00. The molecule has 1 amide bonds. The molecule has 3 heteroatoms. The van der Waals surface area contributed by atoms with Crippen molar-refractivity contribution in [1.29, 1.82) is 0 Å². The minimum absolute atomic E-state index is 0.147. The van der Waals surface area contributed by atoms with Crippen LogP contribution in [0.3, 0.4) is 0 Å². The number of aromatic nitrogens is 1. The molecule has 0 bridgehead atoms. The monoisotopic (exact) mass is 284 g/mol. The third-order valence-corrected chi connectivity index (χ3v) is 4.82. The Bertz CT molecular complexity index is 699. The van der Waals surface area contributed by atoms with E-state index >= 15 is 0 Å². The molecule has 0 aliphatic carbocycles. The Morgan fingerprint density at radius 3 is 2.71 bits per heavy atom. The van der Waals surface area contributed by atoms with Gasteiger partial charge >= 0.3 is 0 Å². The van der Waals surface area contributed by atoms with Gasteiger partial charge in [0.05, 0.1) is 0 Å². The summed E-state index contributed by atoms with van der Waals surface area (Å²) in [4.78, 5) is 18.1. The van der Waals surface area contributed by atoms with Gasteiger partial charge in [0.2, 0.25) is 0 Å². The van der Waals surface area contributed by atoms with Crippen LogP contribution in [0.15, 0.2) is 12.1 Å². The summed E-state index contributed by atoms with van der Waals surface area (Å²) in [7, 11) is 0. The van der Waals surface area contributed by atoms with Crippen molar-refractivity contribution in [2.45, 2.75) is 40.5 Å². The van der Waals surface area contributed by atoms with Crippen molar-refractivity contribution in [3.63, 3.8) is 0 Å². The standard InChI is InChI=1S/C18H24N2O/c1-11-6-5-7-20(10-11)18(21)16-9-15-13(3)8-12(2)14(4)17(15)19-16/h8-9,11,19H,5-7,10H2,1-4H3/t11-/m1/s1. The number of rotatable bonds is 1. The first-order chi connectivity index (χ1) is 9.97. The number of nitrogens with zero attached hydrogens (tertiary/aromatic N) is 1. The highest BCUT2D eigenvalue weighted by atomic mass is 16.2. The zero-order valence-corrected chi connectivity index (χ0v) is 13.4. The summed E-state index contributed by atoms with van der Waals surface area (Å²) in [5.41, 5.74) is 5.58. The van der Waals surface area contributed by atoms with Crippen LogP contribution in [-0.2, 0) is 0 Å². The second-order valence-corrected chi connectivity index (χ2v) is 6.61. The minimum Gasteiger partial charge on any atom is -0.350 e. The Balaban J connectivity index is 1.99. The average Bonchev–Trinajstić information content (AvgIpc) is 2.90. The molecule has 1 atom stereocenters. The maximum Gasteiger partial charge on any atom is 0.270 e. The molecule has 21 heavy (non-hydrogen) atoms. The van der Waals surface area contributed by atoms with Crippen molar-refractivity contribution >= 4 is 16.8 Å². The number of hydrogen-bond acceptors (Lipinski definition) is 1. The molecule has 1 N–H and O–H groups in total.